The van der Waals surface area contributed by atoms with Crippen LogP contribution in [0.15, 0.2) is 11.8 Å². The molecule has 0 unspecified atom stereocenters. The smallest absolute Gasteiger partial charge is 0.157 e. The third-order valence-corrected chi connectivity index (χ3v) is 2.96. The van der Waals surface area contributed by atoms with Gasteiger partial charge in [-0.15, -0.1) is 0 Å². The molecule has 3 nitrogen and oxygen atoms in total. The van der Waals surface area contributed by atoms with Crippen molar-refractivity contribution in [1.82, 2.24) is 5.32 Å². The number of rotatable bonds is 4. The number of allylic oxidation sites excluding steroid dienone is 2. The largest absolute Gasteiger partial charge is 0.396 e. The lowest BCUT2D eigenvalue weighted by atomic mass is 10.1. The van der Waals surface area contributed by atoms with Crippen molar-refractivity contribution in [2.75, 3.05) is 13.2 Å². The maximum Gasteiger partial charge on any atom is 0.157 e. The van der Waals surface area contributed by atoms with E-state index in [0.717, 1.165) is 31.5 Å². The number of nitrogens with one attached hydrogen (secondary N) is 1. The van der Waals surface area contributed by atoms with Crippen LogP contribution in [-0.4, -0.2) is 24.0 Å². The van der Waals surface area contributed by atoms with Crippen molar-refractivity contribution in [3.05, 3.63) is 11.8 Å². The van der Waals surface area contributed by atoms with Crippen molar-refractivity contribution < 1.29 is 9.90 Å². The molecule has 1 saturated carbocycles. The van der Waals surface area contributed by atoms with E-state index in [9.17, 15) is 4.79 Å². The minimum atomic E-state index is 0.131. The van der Waals surface area contributed by atoms with Gasteiger partial charge in [-0.1, -0.05) is 0 Å². The highest BCUT2D eigenvalue weighted by Crippen LogP contribution is 2.44. The summed E-state index contributed by atoms with van der Waals surface area (Å²) in [7, 11) is 0. The van der Waals surface area contributed by atoms with E-state index in [2.05, 4.69) is 5.32 Å². The Hall–Kier alpha value is -0.830. The lowest BCUT2D eigenvalue weighted by Gasteiger charge is -2.13. The minimum Gasteiger partial charge on any atom is -0.396 e. The molecular formula is C10H15NO2. The minimum absolute atomic E-state index is 0.131. The van der Waals surface area contributed by atoms with Crippen LogP contribution < -0.4 is 5.32 Å². The van der Waals surface area contributed by atoms with Gasteiger partial charge in [-0.3, -0.25) is 4.79 Å². The SMILES string of the molecule is O=C1C=C(NCC2(CO)CC2)CC1. The Morgan fingerprint density at radius 2 is 2.23 bits per heavy atom. The van der Waals surface area contributed by atoms with Crippen LogP contribution in [-0.2, 0) is 4.79 Å². The molecule has 0 aromatic rings. The summed E-state index contributed by atoms with van der Waals surface area (Å²) in [6.07, 6.45) is 5.40. The average Bonchev–Trinajstić information content (AvgIpc) is 2.81. The summed E-state index contributed by atoms with van der Waals surface area (Å²) >= 11 is 0. The number of hydrogen-bond donors (Lipinski definition) is 2. The molecule has 0 atom stereocenters. The highest BCUT2D eigenvalue weighted by atomic mass is 16.3. The molecule has 0 aliphatic heterocycles. The molecule has 3 heteroatoms. The van der Waals surface area contributed by atoms with Gasteiger partial charge < -0.3 is 10.4 Å². The first kappa shape index (κ1) is 8.75. The zero-order chi connectivity index (χ0) is 9.31. The number of ketones is 1. The van der Waals surface area contributed by atoms with Crippen molar-refractivity contribution in [2.24, 2.45) is 5.41 Å². The number of aliphatic hydroxyl groups is 1. The first-order valence-corrected chi connectivity index (χ1v) is 4.82. The van der Waals surface area contributed by atoms with Crippen molar-refractivity contribution in [1.29, 1.82) is 0 Å². The molecule has 2 aliphatic rings. The fourth-order valence-corrected chi connectivity index (χ4v) is 1.60. The van der Waals surface area contributed by atoms with Crippen LogP contribution >= 0.6 is 0 Å². The summed E-state index contributed by atoms with van der Waals surface area (Å²) in [6, 6.07) is 0. The van der Waals surface area contributed by atoms with E-state index in [1.54, 1.807) is 6.08 Å². The second-order valence-electron chi connectivity index (χ2n) is 4.15. The molecule has 13 heavy (non-hydrogen) atoms. The van der Waals surface area contributed by atoms with Crippen molar-refractivity contribution in [3.63, 3.8) is 0 Å². The van der Waals surface area contributed by atoms with Crippen molar-refractivity contribution >= 4 is 5.78 Å². The van der Waals surface area contributed by atoms with Gasteiger partial charge in [-0.05, 0) is 19.3 Å². The zero-order valence-corrected chi connectivity index (χ0v) is 7.68. The summed E-state index contributed by atoms with van der Waals surface area (Å²) in [5, 5.41) is 12.3. The molecule has 0 bridgehead atoms. The van der Waals surface area contributed by atoms with E-state index in [-0.39, 0.29) is 17.8 Å². The molecule has 0 aromatic heterocycles. The maximum atomic E-state index is 10.9. The van der Waals surface area contributed by atoms with Crippen LogP contribution in [0.25, 0.3) is 0 Å². The molecule has 0 radical (unpaired) electrons. The van der Waals surface area contributed by atoms with Crippen LogP contribution in [0, 0.1) is 5.41 Å². The quantitative estimate of drug-likeness (QED) is 0.667. The topological polar surface area (TPSA) is 49.3 Å². The third-order valence-electron chi connectivity index (χ3n) is 2.96. The van der Waals surface area contributed by atoms with Gasteiger partial charge in [0.15, 0.2) is 5.78 Å². The Morgan fingerprint density at radius 1 is 1.46 bits per heavy atom. The lowest BCUT2D eigenvalue weighted by Crippen LogP contribution is -2.25. The van der Waals surface area contributed by atoms with E-state index in [0.29, 0.717) is 6.42 Å². The van der Waals surface area contributed by atoms with E-state index in [4.69, 9.17) is 5.11 Å². The van der Waals surface area contributed by atoms with Gasteiger partial charge in [0.05, 0.1) is 6.61 Å². The normalized spacial score (nSPS) is 24.4. The van der Waals surface area contributed by atoms with Gasteiger partial charge in [0.1, 0.15) is 0 Å². The third kappa shape index (κ3) is 1.91. The average molecular weight is 181 g/mol. The number of hydrogen-bond acceptors (Lipinski definition) is 3. The maximum absolute atomic E-state index is 10.9. The second kappa shape index (κ2) is 3.14. The Bertz CT molecular complexity index is 254. The van der Waals surface area contributed by atoms with Crippen LogP contribution in [0.2, 0.25) is 0 Å². The van der Waals surface area contributed by atoms with Gasteiger partial charge in [0, 0.05) is 30.2 Å². The van der Waals surface area contributed by atoms with E-state index < -0.39 is 0 Å². The fraction of sp³-hybridized carbons (Fsp3) is 0.700. The van der Waals surface area contributed by atoms with E-state index >= 15 is 0 Å². The van der Waals surface area contributed by atoms with E-state index in [1.165, 1.54) is 0 Å². The highest BCUT2D eigenvalue weighted by Gasteiger charge is 2.41. The van der Waals surface area contributed by atoms with Gasteiger partial charge in [0.25, 0.3) is 0 Å². The summed E-state index contributed by atoms with van der Waals surface area (Å²) in [6.45, 7) is 1.09. The molecule has 2 aliphatic carbocycles. The van der Waals surface area contributed by atoms with Gasteiger partial charge >= 0.3 is 0 Å². The predicted octanol–water partition coefficient (Wildman–Crippen LogP) is 0.595. The highest BCUT2D eigenvalue weighted by molar-refractivity contribution is 5.92. The lowest BCUT2D eigenvalue weighted by molar-refractivity contribution is -0.114. The molecule has 0 aromatic carbocycles. The van der Waals surface area contributed by atoms with Gasteiger partial charge in [-0.25, -0.2) is 0 Å². The van der Waals surface area contributed by atoms with Crippen molar-refractivity contribution in [3.8, 4) is 0 Å². The Morgan fingerprint density at radius 3 is 2.69 bits per heavy atom. The van der Waals surface area contributed by atoms with Crippen LogP contribution in [0.1, 0.15) is 25.7 Å². The van der Waals surface area contributed by atoms with Crippen molar-refractivity contribution in [2.45, 2.75) is 25.7 Å². The summed E-state index contributed by atoms with van der Waals surface area (Å²) in [5.41, 5.74) is 1.18. The van der Waals surface area contributed by atoms with Crippen LogP contribution in [0.3, 0.4) is 0 Å². The first-order valence-electron chi connectivity index (χ1n) is 4.82. The molecule has 0 heterocycles. The zero-order valence-electron chi connectivity index (χ0n) is 7.68. The summed E-state index contributed by atoms with van der Waals surface area (Å²) in [5.74, 6) is 0.219. The molecular weight excluding hydrogens is 166 g/mol. The molecule has 0 spiro atoms. The monoisotopic (exact) mass is 181 g/mol. The first-order chi connectivity index (χ1) is 6.24. The Kier molecular flexibility index (Phi) is 2.12. The standard InChI is InChI=1S/C10H15NO2/c12-7-10(3-4-10)6-11-8-1-2-9(13)5-8/h5,11-12H,1-4,6-7H2. The predicted molar refractivity (Wildman–Crippen MR) is 49.1 cm³/mol. The Balaban J connectivity index is 1.80. The molecule has 0 saturated heterocycles. The molecule has 2 rings (SSSR count). The molecule has 1 fully saturated rings. The molecule has 2 N–H and O–H groups in total. The fourth-order valence-electron chi connectivity index (χ4n) is 1.60. The van der Waals surface area contributed by atoms with Gasteiger partial charge in [0.2, 0.25) is 0 Å². The summed E-state index contributed by atoms with van der Waals surface area (Å²) in [4.78, 5) is 10.9. The van der Waals surface area contributed by atoms with Crippen LogP contribution in [0.4, 0.5) is 0 Å². The number of carbonyl (C=O) groups is 1. The summed E-state index contributed by atoms with van der Waals surface area (Å²) < 4.78 is 0. The molecule has 72 valence electrons. The molecule has 0 amide bonds. The Labute approximate surface area is 77.8 Å². The van der Waals surface area contributed by atoms with Gasteiger partial charge in [-0.2, -0.15) is 0 Å². The van der Waals surface area contributed by atoms with E-state index in [1.807, 2.05) is 0 Å². The number of carbonyl (C=O) groups excluding carboxylic acids is 1. The second-order valence-corrected chi connectivity index (χ2v) is 4.15. The number of aliphatic hydroxyl groups excluding tert-OH is 1. The van der Waals surface area contributed by atoms with Crippen LogP contribution in [0.5, 0.6) is 0 Å².